The summed E-state index contributed by atoms with van der Waals surface area (Å²) in [5.41, 5.74) is 2.36. The van der Waals surface area contributed by atoms with Gasteiger partial charge in [-0.3, -0.25) is 9.48 Å². The number of hydrogen-bond donors (Lipinski definition) is 1. The number of pyridine rings is 1. The quantitative estimate of drug-likeness (QED) is 0.782. The summed E-state index contributed by atoms with van der Waals surface area (Å²) in [6, 6.07) is 1.83. The standard InChI is InChI=1S/C13H11ClN6O/c1-7-9-3-8(4-17-12(9)20(2)19-7)18-13(21)10-5-16-11(14)6-15-10/h3-6H,1-2H3,(H,18,21). The summed E-state index contributed by atoms with van der Waals surface area (Å²) < 4.78 is 1.70. The molecule has 0 aliphatic carbocycles. The Morgan fingerprint density at radius 3 is 2.76 bits per heavy atom. The Morgan fingerprint density at radius 1 is 1.24 bits per heavy atom. The molecule has 0 aliphatic heterocycles. The second-order valence-electron chi connectivity index (χ2n) is 4.48. The maximum Gasteiger partial charge on any atom is 0.275 e. The van der Waals surface area contributed by atoms with Crippen LogP contribution in [0.15, 0.2) is 24.7 Å². The Labute approximate surface area is 125 Å². The Bertz CT molecular complexity index is 827. The van der Waals surface area contributed by atoms with Gasteiger partial charge < -0.3 is 5.32 Å². The van der Waals surface area contributed by atoms with E-state index in [-0.39, 0.29) is 16.8 Å². The highest BCUT2D eigenvalue weighted by molar-refractivity contribution is 6.29. The molecule has 7 nitrogen and oxygen atoms in total. The van der Waals surface area contributed by atoms with Crippen molar-refractivity contribution in [1.82, 2.24) is 24.7 Å². The summed E-state index contributed by atoms with van der Waals surface area (Å²) in [5.74, 6) is -0.373. The lowest BCUT2D eigenvalue weighted by Crippen LogP contribution is -2.14. The Balaban J connectivity index is 1.89. The van der Waals surface area contributed by atoms with Gasteiger partial charge in [0, 0.05) is 12.4 Å². The zero-order valence-corrected chi connectivity index (χ0v) is 12.1. The summed E-state index contributed by atoms with van der Waals surface area (Å²) in [7, 11) is 1.82. The normalized spacial score (nSPS) is 10.8. The van der Waals surface area contributed by atoms with Gasteiger partial charge in [0.15, 0.2) is 5.65 Å². The van der Waals surface area contributed by atoms with Crippen molar-refractivity contribution in [3.63, 3.8) is 0 Å². The molecule has 0 bridgehead atoms. The molecule has 0 saturated carbocycles. The van der Waals surface area contributed by atoms with Gasteiger partial charge in [-0.2, -0.15) is 5.10 Å². The van der Waals surface area contributed by atoms with Crippen molar-refractivity contribution < 1.29 is 4.79 Å². The zero-order chi connectivity index (χ0) is 15.0. The third-order valence-electron chi connectivity index (χ3n) is 2.97. The Hall–Kier alpha value is -2.54. The number of aryl methyl sites for hydroxylation is 2. The number of anilines is 1. The fourth-order valence-electron chi connectivity index (χ4n) is 2.00. The zero-order valence-electron chi connectivity index (χ0n) is 11.3. The number of halogens is 1. The molecule has 0 radical (unpaired) electrons. The fraction of sp³-hybridized carbons (Fsp3) is 0.154. The van der Waals surface area contributed by atoms with Gasteiger partial charge in [0.1, 0.15) is 10.8 Å². The van der Waals surface area contributed by atoms with E-state index < -0.39 is 0 Å². The van der Waals surface area contributed by atoms with Crippen molar-refractivity contribution in [2.45, 2.75) is 6.92 Å². The lowest BCUT2D eigenvalue weighted by molar-refractivity contribution is 0.102. The number of carbonyl (C=O) groups is 1. The first-order valence-electron chi connectivity index (χ1n) is 6.13. The minimum absolute atomic E-state index is 0.183. The third-order valence-corrected chi connectivity index (χ3v) is 3.17. The second kappa shape index (κ2) is 5.10. The van der Waals surface area contributed by atoms with Gasteiger partial charge in [-0.05, 0) is 13.0 Å². The highest BCUT2D eigenvalue weighted by atomic mass is 35.5. The first-order valence-corrected chi connectivity index (χ1v) is 6.50. The van der Waals surface area contributed by atoms with E-state index in [9.17, 15) is 4.79 Å². The van der Waals surface area contributed by atoms with Gasteiger partial charge >= 0.3 is 0 Å². The van der Waals surface area contributed by atoms with Crippen LogP contribution in [-0.2, 0) is 7.05 Å². The number of hydrogen-bond acceptors (Lipinski definition) is 5. The van der Waals surface area contributed by atoms with Gasteiger partial charge in [0.05, 0.1) is 30.0 Å². The molecule has 0 unspecified atom stereocenters. The van der Waals surface area contributed by atoms with Crippen molar-refractivity contribution >= 4 is 34.2 Å². The summed E-state index contributed by atoms with van der Waals surface area (Å²) in [6.07, 6.45) is 4.22. The van der Waals surface area contributed by atoms with Crippen LogP contribution in [0.2, 0.25) is 5.15 Å². The van der Waals surface area contributed by atoms with Crippen molar-refractivity contribution in [1.29, 1.82) is 0 Å². The number of aromatic nitrogens is 5. The predicted octanol–water partition coefficient (Wildman–Crippen LogP) is 1.97. The summed E-state index contributed by atoms with van der Waals surface area (Å²) in [5, 5.41) is 8.13. The van der Waals surface area contributed by atoms with Crippen LogP contribution >= 0.6 is 11.6 Å². The lowest BCUT2D eigenvalue weighted by atomic mass is 10.2. The topological polar surface area (TPSA) is 85.6 Å². The lowest BCUT2D eigenvalue weighted by Gasteiger charge is -2.04. The monoisotopic (exact) mass is 302 g/mol. The minimum Gasteiger partial charge on any atom is -0.319 e. The molecule has 3 aromatic heterocycles. The van der Waals surface area contributed by atoms with E-state index in [0.717, 1.165) is 16.7 Å². The molecule has 1 amide bonds. The van der Waals surface area contributed by atoms with Gasteiger partial charge in [0.25, 0.3) is 5.91 Å². The molecule has 0 saturated heterocycles. The Kier molecular flexibility index (Phi) is 3.26. The first kappa shape index (κ1) is 13.4. The van der Waals surface area contributed by atoms with Gasteiger partial charge in [0.2, 0.25) is 0 Å². The first-order chi connectivity index (χ1) is 10.0. The molecular formula is C13H11ClN6O. The molecule has 0 aromatic carbocycles. The molecule has 0 atom stereocenters. The number of rotatable bonds is 2. The van der Waals surface area contributed by atoms with Crippen LogP contribution in [0.25, 0.3) is 11.0 Å². The molecule has 0 fully saturated rings. The van der Waals surface area contributed by atoms with Crippen molar-refractivity contribution in [2.75, 3.05) is 5.32 Å². The highest BCUT2D eigenvalue weighted by Gasteiger charge is 2.11. The fourth-order valence-corrected chi connectivity index (χ4v) is 2.10. The molecule has 3 heterocycles. The molecule has 106 valence electrons. The number of carbonyl (C=O) groups excluding carboxylic acids is 1. The van der Waals surface area contributed by atoms with Crippen molar-refractivity contribution in [2.24, 2.45) is 7.05 Å². The molecule has 3 aromatic rings. The van der Waals surface area contributed by atoms with E-state index in [2.05, 4.69) is 25.4 Å². The van der Waals surface area contributed by atoms with E-state index in [1.165, 1.54) is 12.4 Å². The average molecular weight is 303 g/mol. The average Bonchev–Trinajstić information content (AvgIpc) is 2.74. The Morgan fingerprint density at radius 2 is 2.05 bits per heavy atom. The largest absolute Gasteiger partial charge is 0.319 e. The van der Waals surface area contributed by atoms with Crippen LogP contribution in [0.5, 0.6) is 0 Å². The van der Waals surface area contributed by atoms with Crippen LogP contribution in [0.4, 0.5) is 5.69 Å². The van der Waals surface area contributed by atoms with Crippen molar-refractivity contribution in [3.05, 3.63) is 41.2 Å². The number of fused-ring (bicyclic) bond motifs is 1. The van der Waals surface area contributed by atoms with Crippen LogP contribution in [0.1, 0.15) is 16.2 Å². The summed E-state index contributed by atoms with van der Waals surface area (Å²) in [6.45, 7) is 1.89. The van der Waals surface area contributed by atoms with Gasteiger partial charge in [-0.1, -0.05) is 11.6 Å². The minimum atomic E-state index is -0.373. The highest BCUT2D eigenvalue weighted by Crippen LogP contribution is 2.19. The van der Waals surface area contributed by atoms with E-state index in [1.807, 2.05) is 20.0 Å². The van der Waals surface area contributed by atoms with Crippen LogP contribution in [-0.4, -0.2) is 30.6 Å². The summed E-state index contributed by atoms with van der Waals surface area (Å²) >= 11 is 5.64. The molecule has 8 heteroatoms. The number of amides is 1. The maximum atomic E-state index is 12.0. The molecule has 1 N–H and O–H groups in total. The predicted molar refractivity (Wildman–Crippen MR) is 78.2 cm³/mol. The van der Waals surface area contributed by atoms with Crippen LogP contribution in [0.3, 0.4) is 0 Å². The smallest absolute Gasteiger partial charge is 0.275 e. The maximum absolute atomic E-state index is 12.0. The molecule has 21 heavy (non-hydrogen) atoms. The second-order valence-corrected chi connectivity index (χ2v) is 4.87. The third kappa shape index (κ3) is 2.55. The van der Waals surface area contributed by atoms with Crippen LogP contribution < -0.4 is 5.32 Å². The van der Waals surface area contributed by atoms with Gasteiger partial charge in [-0.15, -0.1) is 0 Å². The van der Waals surface area contributed by atoms with E-state index in [4.69, 9.17) is 11.6 Å². The molecular weight excluding hydrogens is 292 g/mol. The van der Waals surface area contributed by atoms with Crippen LogP contribution in [0, 0.1) is 6.92 Å². The van der Waals surface area contributed by atoms with E-state index in [0.29, 0.717) is 5.69 Å². The summed E-state index contributed by atoms with van der Waals surface area (Å²) in [4.78, 5) is 24.1. The number of nitrogens with one attached hydrogen (secondary N) is 1. The van der Waals surface area contributed by atoms with E-state index in [1.54, 1.807) is 10.9 Å². The van der Waals surface area contributed by atoms with Gasteiger partial charge in [-0.25, -0.2) is 15.0 Å². The molecule has 3 rings (SSSR count). The van der Waals surface area contributed by atoms with Crippen molar-refractivity contribution in [3.8, 4) is 0 Å². The SMILES string of the molecule is Cc1nn(C)c2ncc(NC(=O)c3cnc(Cl)cn3)cc12. The van der Waals surface area contributed by atoms with E-state index >= 15 is 0 Å². The number of nitrogens with zero attached hydrogens (tertiary/aromatic N) is 5. The molecule has 0 aliphatic rings. The molecule has 0 spiro atoms.